The maximum Gasteiger partial charge on any atom is 0.253 e. The molecule has 0 saturated carbocycles. The Hall–Kier alpha value is -3.46. The lowest BCUT2D eigenvalue weighted by atomic mass is 9.70. The Labute approximate surface area is 245 Å². The Bertz CT molecular complexity index is 1300. The summed E-state index contributed by atoms with van der Waals surface area (Å²) >= 11 is 6.12. The Morgan fingerprint density at radius 3 is 2.27 bits per heavy atom. The Kier molecular flexibility index (Phi) is 8.63. The number of halogens is 1. The number of carbonyl (C=O) groups excluding carboxylic acids is 3. The van der Waals surface area contributed by atoms with E-state index in [1.807, 2.05) is 30.3 Å². The van der Waals surface area contributed by atoms with Gasteiger partial charge in [-0.05, 0) is 62.1 Å². The van der Waals surface area contributed by atoms with E-state index in [4.69, 9.17) is 16.3 Å². The molecule has 0 aromatic heterocycles. The summed E-state index contributed by atoms with van der Waals surface area (Å²) in [4.78, 5) is 47.8. The summed E-state index contributed by atoms with van der Waals surface area (Å²) in [7, 11) is 0. The molecule has 216 valence electrons. The average Bonchev–Trinajstić information content (AvgIpc) is 3.62. The third kappa shape index (κ3) is 5.09. The van der Waals surface area contributed by atoms with Gasteiger partial charge >= 0.3 is 0 Å². The van der Waals surface area contributed by atoms with Gasteiger partial charge in [0.05, 0.1) is 17.9 Å². The first-order valence-electron chi connectivity index (χ1n) is 14.1. The fourth-order valence-electron chi connectivity index (χ4n) is 6.81. The zero-order valence-corrected chi connectivity index (χ0v) is 23.8. The Morgan fingerprint density at radius 1 is 1.00 bits per heavy atom. The van der Waals surface area contributed by atoms with E-state index in [1.165, 1.54) is 0 Å². The van der Waals surface area contributed by atoms with E-state index >= 15 is 0 Å². The topological polar surface area (TPSA) is 90.4 Å². The van der Waals surface area contributed by atoms with Crippen LogP contribution in [-0.4, -0.2) is 71.7 Å². The number of benzene rings is 2. The summed E-state index contributed by atoms with van der Waals surface area (Å²) in [5.41, 5.74) is 0.219. The number of rotatable bonds is 12. The molecule has 3 saturated heterocycles. The highest BCUT2D eigenvalue weighted by Crippen LogP contribution is 2.59. The van der Waals surface area contributed by atoms with Crippen LogP contribution in [0.5, 0.6) is 0 Å². The molecule has 9 heteroatoms. The number of aliphatic hydroxyl groups is 1. The second-order valence-electron chi connectivity index (χ2n) is 10.8. The van der Waals surface area contributed by atoms with Crippen molar-refractivity contribution in [2.45, 2.75) is 43.4 Å². The third-order valence-corrected chi connectivity index (χ3v) is 8.74. The predicted octanol–water partition coefficient (Wildman–Crippen LogP) is 4.23. The van der Waals surface area contributed by atoms with E-state index in [1.54, 1.807) is 51.1 Å². The van der Waals surface area contributed by atoms with Crippen molar-refractivity contribution in [1.29, 1.82) is 0 Å². The number of anilines is 2. The van der Waals surface area contributed by atoms with Gasteiger partial charge in [-0.1, -0.05) is 42.0 Å². The molecule has 2 unspecified atom stereocenters. The van der Waals surface area contributed by atoms with Crippen LogP contribution in [-0.2, 0) is 19.1 Å². The first kappa shape index (κ1) is 29.0. The van der Waals surface area contributed by atoms with E-state index in [0.29, 0.717) is 42.1 Å². The standard InChI is InChI=1S/C32H36ClN3O5/c1-3-18-34(23-10-6-5-7-11-23)29(38)26-25-16-17-32(41-25)27(26)30(39)36(20-8-9-21-37)28(32)31(40)35(19-4-2)24-14-12-22(33)13-15-24/h3-7,10-15,25-28,37H,1-2,8-9,16-21H2/t25-,26+,27-,28?,32?/m0/s1. The highest BCUT2D eigenvalue weighted by molar-refractivity contribution is 6.30. The molecule has 41 heavy (non-hydrogen) atoms. The monoisotopic (exact) mass is 577 g/mol. The smallest absolute Gasteiger partial charge is 0.253 e. The maximum absolute atomic E-state index is 14.5. The molecular formula is C32H36ClN3O5. The molecule has 3 aliphatic heterocycles. The zero-order valence-electron chi connectivity index (χ0n) is 23.0. The molecule has 3 aliphatic rings. The van der Waals surface area contributed by atoms with Crippen molar-refractivity contribution in [3.05, 3.63) is 84.9 Å². The summed E-state index contributed by atoms with van der Waals surface area (Å²) in [5, 5.41) is 9.97. The van der Waals surface area contributed by atoms with Gasteiger partial charge in [-0.2, -0.15) is 0 Å². The van der Waals surface area contributed by atoms with Gasteiger partial charge < -0.3 is 24.5 Å². The van der Waals surface area contributed by atoms with Gasteiger partial charge in [0.1, 0.15) is 11.6 Å². The van der Waals surface area contributed by atoms with Gasteiger partial charge in [-0.3, -0.25) is 14.4 Å². The van der Waals surface area contributed by atoms with Crippen LogP contribution in [0.25, 0.3) is 0 Å². The molecule has 8 nitrogen and oxygen atoms in total. The number of hydrogen-bond donors (Lipinski definition) is 1. The van der Waals surface area contributed by atoms with Crippen molar-refractivity contribution in [2.75, 3.05) is 36.0 Å². The van der Waals surface area contributed by atoms with Crippen molar-refractivity contribution in [3.8, 4) is 0 Å². The Morgan fingerprint density at radius 2 is 1.63 bits per heavy atom. The van der Waals surface area contributed by atoms with Gasteiger partial charge in [-0.15, -0.1) is 13.2 Å². The van der Waals surface area contributed by atoms with Gasteiger partial charge in [-0.25, -0.2) is 0 Å². The van der Waals surface area contributed by atoms with E-state index in [2.05, 4.69) is 13.2 Å². The first-order chi connectivity index (χ1) is 19.9. The number of fused-ring (bicyclic) bond motifs is 1. The number of aliphatic hydroxyl groups excluding tert-OH is 1. The number of nitrogens with zero attached hydrogens (tertiary/aromatic N) is 3. The molecule has 2 bridgehead atoms. The normalized spacial score (nSPS) is 26.1. The fourth-order valence-corrected chi connectivity index (χ4v) is 6.93. The van der Waals surface area contributed by atoms with E-state index in [-0.39, 0.29) is 44.0 Å². The number of unbranched alkanes of at least 4 members (excludes halogenated alkanes) is 1. The number of amides is 3. The lowest BCUT2D eigenvalue weighted by Crippen LogP contribution is -2.56. The molecule has 3 amide bonds. The lowest BCUT2D eigenvalue weighted by molar-refractivity contribution is -0.140. The van der Waals surface area contributed by atoms with Gasteiger partial charge in [0.25, 0.3) is 5.91 Å². The van der Waals surface area contributed by atoms with Gasteiger partial charge in [0.2, 0.25) is 11.8 Å². The van der Waals surface area contributed by atoms with Crippen LogP contribution < -0.4 is 9.80 Å². The van der Waals surface area contributed by atoms with E-state index in [0.717, 1.165) is 0 Å². The molecule has 2 aromatic carbocycles. The predicted molar refractivity (Wildman–Crippen MR) is 159 cm³/mol. The maximum atomic E-state index is 14.5. The largest absolute Gasteiger partial charge is 0.396 e. The van der Waals surface area contributed by atoms with Crippen LogP contribution in [0.2, 0.25) is 5.02 Å². The Balaban J connectivity index is 1.54. The van der Waals surface area contributed by atoms with Crippen LogP contribution in [0.1, 0.15) is 25.7 Å². The fraction of sp³-hybridized carbons (Fsp3) is 0.406. The van der Waals surface area contributed by atoms with Crippen LogP contribution in [0.4, 0.5) is 11.4 Å². The van der Waals surface area contributed by atoms with Gasteiger partial charge in [0, 0.05) is 42.6 Å². The summed E-state index contributed by atoms with van der Waals surface area (Å²) in [6, 6.07) is 15.4. The first-order valence-corrected chi connectivity index (χ1v) is 14.5. The average molecular weight is 578 g/mol. The summed E-state index contributed by atoms with van der Waals surface area (Å²) < 4.78 is 6.63. The SMILES string of the molecule is C=CCN(C(=O)C1N(CCCCO)C(=O)[C@@H]2[C@H](C(=O)N(CC=C)c3ccccc3)[C@@H]3CCC12O3)c1ccc(Cl)cc1. The third-order valence-electron chi connectivity index (χ3n) is 8.49. The molecule has 1 spiro atoms. The van der Waals surface area contributed by atoms with Crippen LogP contribution in [0.3, 0.4) is 0 Å². The number of para-hydroxylation sites is 1. The molecule has 2 aromatic rings. The number of ether oxygens (including phenoxy) is 1. The summed E-state index contributed by atoms with van der Waals surface area (Å²) in [6.07, 6.45) is 4.92. The molecular weight excluding hydrogens is 542 g/mol. The van der Waals surface area contributed by atoms with Crippen molar-refractivity contribution < 1.29 is 24.2 Å². The molecule has 0 aliphatic carbocycles. The molecule has 5 atom stereocenters. The highest BCUT2D eigenvalue weighted by atomic mass is 35.5. The van der Waals surface area contributed by atoms with Crippen LogP contribution in [0.15, 0.2) is 79.9 Å². The molecule has 0 radical (unpaired) electrons. The number of carbonyl (C=O) groups is 3. The highest BCUT2D eigenvalue weighted by Gasteiger charge is 2.74. The minimum absolute atomic E-state index is 0.0180. The lowest BCUT2D eigenvalue weighted by Gasteiger charge is -2.37. The van der Waals surface area contributed by atoms with Crippen LogP contribution in [0, 0.1) is 11.8 Å². The minimum Gasteiger partial charge on any atom is -0.396 e. The van der Waals surface area contributed by atoms with Crippen LogP contribution >= 0.6 is 11.6 Å². The van der Waals surface area contributed by atoms with Gasteiger partial charge in [0.15, 0.2) is 0 Å². The van der Waals surface area contributed by atoms with E-state index in [9.17, 15) is 19.5 Å². The second kappa shape index (κ2) is 12.2. The molecule has 1 N–H and O–H groups in total. The van der Waals surface area contributed by atoms with E-state index < -0.39 is 29.6 Å². The molecule has 5 rings (SSSR count). The summed E-state index contributed by atoms with van der Waals surface area (Å²) in [6.45, 7) is 8.45. The van der Waals surface area contributed by atoms with Crippen molar-refractivity contribution in [3.63, 3.8) is 0 Å². The molecule has 3 fully saturated rings. The second-order valence-corrected chi connectivity index (χ2v) is 11.2. The van der Waals surface area contributed by atoms with Crippen molar-refractivity contribution in [2.24, 2.45) is 11.8 Å². The molecule has 3 heterocycles. The number of likely N-dealkylation sites (tertiary alicyclic amines) is 1. The number of hydrogen-bond acceptors (Lipinski definition) is 5. The summed E-state index contributed by atoms with van der Waals surface area (Å²) in [5.74, 6) is -2.25. The quantitative estimate of drug-likeness (QED) is 0.301. The minimum atomic E-state index is -1.12. The van der Waals surface area contributed by atoms with Crippen molar-refractivity contribution in [1.82, 2.24) is 4.90 Å². The zero-order chi connectivity index (χ0) is 29.1. The van der Waals surface area contributed by atoms with Crippen molar-refractivity contribution >= 4 is 40.7 Å².